The molecule has 120 valence electrons. The molecule has 0 saturated carbocycles. The molecule has 0 aliphatic heterocycles. The lowest BCUT2D eigenvalue weighted by atomic mass is 10.5. The minimum atomic E-state index is -1.56. The van der Waals surface area contributed by atoms with Crippen LogP contribution in [0.3, 0.4) is 0 Å². The molecule has 0 aliphatic rings. The van der Waals surface area contributed by atoms with Gasteiger partial charge in [-0.2, -0.15) is 0 Å². The summed E-state index contributed by atoms with van der Waals surface area (Å²) in [5, 5.41) is 0. The monoisotopic (exact) mass is 316 g/mol. The molecule has 0 aromatic rings. The summed E-state index contributed by atoms with van der Waals surface area (Å²) < 4.78 is 5.88. The van der Waals surface area contributed by atoms with Gasteiger partial charge in [-0.25, -0.2) is 0 Å². The van der Waals surface area contributed by atoms with Gasteiger partial charge in [0.15, 0.2) is 0 Å². The van der Waals surface area contributed by atoms with Gasteiger partial charge in [-0.3, -0.25) is 9.80 Å². The van der Waals surface area contributed by atoms with Gasteiger partial charge in [-0.15, -0.1) is 5.70 Å². The van der Waals surface area contributed by atoms with Crippen LogP contribution in [0.25, 0.3) is 0 Å². The van der Waals surface area contributed by atoms with E-state index in [9.17, 15) is 0 Å². The van der Waals surface area contributed by atoms with Crippen LogP contribution in [0.1, 0.15) is 34.6 Å². The summed E-state index contributed by atoms with van der Waals surface area (Å²) in [7, 11) is -1.85. The van der Waals surface area contributed by atoms with E-state index >= 15 is 0 Å². The highest BCUT2D eigenvalue weighted by Gasteiger charge is 2.21. The molecule has 0 spiro atoms. The minimum absolute atomic E-state index is 0.284. The van der Waals surface area contributed by atoms with Gasteiger partial charge in [-0.05, 0) is 46.2 Å². The van der Waals surface area contributed by atoms with Gasteiger partial charge in [0.05, 0.1) is 9.52 Å². The maximum atomic E-state index is 5.88. The number of hydrogen-bond donors (Lipinski definition) is 0. The molecular formula is C15H36N2OSi2. The van der Waals surface area contributed by atoms with Crippen molar-refractivity contribution in [2.45, 2.75) is 53.5 Å². The molecule has 3 nitrogen and oxygen atoms in total. The van der Waals surface area contributed by atoms with Gasteiger partial charge < -0.3 is 4.43 Å². The van der Waals surface area contributed by atoms with Crippen molar-refractivity contribution in [3.63, 3.8) is 0 Å². The van der Waals surface area contributed by atoms with E-state index < -0.39 is 8.32 Å². The van der Waals surface area contributed by atoms with Crippen molar-refractivity contribution in [2.75, 3.05) is 32.8 Å². The lowest BCUT2D eigenvalue weighted by Crippen LogP contribution is -2.51. The van der Waals surface area contributed by atoms with Crippen LogP contribution in [0.15, 0.2) is 11.4 Å². The molecular weight excluding hydrogens is 280 g/mol. The molecule has 0 aliphatic carbocycles. The van der Waals surface area contributed by atoms with Gasteiger partial charge in [-0.1, -0.05) is 33.4 Å². The van der Waals surface area contributed by atoms with Crippen molar-refractivity contribution >= 4 is 17.8 Å². The maximum Gasteiger partial charge on any atom is 0.210 e. The Bertz CT molecular complexity index is 253. The Balaban J connectivity index is 4.77. The van der Waals surface area contributed by atoms with Crippen LogP contribution in [0, 0.1) is 0 Å². The van der Waals surface area contributed by atoms with E-state index in [-0.39, 0.29) is 9.52 Å². The Morgan fingerprint density at radius 1 is 0.950 bits per heavy atom. The highest BCUT2D eigenvalue weighted by molar-refractivity contribution is 6.77. The second-order valence-corrected chi connectivity index (χ2v) is 11.1. The van der Waals surface area contributed by atoms with Crippen molar-refractivity contribution in [1.29, 1.82) is 0 Å². The highest BCUT2D eigenvalue weighted by atomic mass is 28.4. The van der Waals surface area contributed by atoms with Crippen molar-refractivity contribution in [3.05, 3.63) is 11.4 Å². The third-order valence-electron chi connectivity index (χ3n) is 3.85. The summed E-state index contributed by atoms with van der Waals surface area (Å²) in [4.78, 5) is 5.22. The SMILES string of the molecule is CCO[Si](C)(C)C=C[SiH2]C(N(CC)CC)N(CC)CC. The van der Waals surface area contributed by atoms with Crippen LogP contribution in [0.4, 0.5) is 0 Å². The second kappa shape index (κ2) is 10.7. The molecule has 0 heterocycles. The Morgan fingerprint density at radius 2 is 1.40 bits per heavy atom. The molecule has 0 atom stereocenters. The molecule has 0 unspecified atom stereocenters. The van der Waals surface area contributed by atoms with Crippen LogP contribution in [0.5, 0.6) is 0 Å². The number of hydrogen-bond acceptors (Lipinski definition) is 3. The average Bonchev–Trinajstić information content (AvgIpc) is 2.40. The van der Waals surface area contributed by atoms with Gasteiger partial charge in [0.2, 0.25) is 8.32 Å². The van der Waals surface area contributed by atoms with E-state index in [1.165, 1.54) is 0 Å². The quantitative estimate of drug-likeness (QED) is 0.430. The van der Waals surface area contributed by atoms with E-state index in [0.717, 1.165) is 32.8 Å². The fraction of sp³-hybridized carbons (Fsp3) is 0.867. The van der Waals surface area contributed by atoms with E-state index in [1.807, 2.05) is 0 Å². The van der Waals surface area contributed by atoms with Crippen LogP contribution >= 0.6 is 0 Å². The first kappa shape index (κ1) is 20.1. The zero-order valence-electron chi connectivity index (χ0n) is 14.8. The molecule has 0 saturated heterocycles. The van der Waals surface area contributed by atoms with Crippen molar-refractivity contribution in [3.8, 4) is 0 Å². The molecule has 0 aromatic carbocycles. The number of nitrogens with zero attached hydrogens (tertiary/aromatic N) is 2. The van der Waals surface area contributed by atoms with Crippen LogP contribution in [-0.4, -0.2) is 66.2 Å². The predicted molar refractivity (Wildman–Crippen MR) is 96.4 cm³/mol. The molecule has 0 bridgehead atoms. The first-order valence-corrected chi connectivity index (χ1v) is 12.9. The topological polar surface area (TPSA) is 15.7 Å². The molecule has 0 amide bonds. The Morgan fingerprint density at radius 3 is 1.75 bits per heavy atom. The lowest BCUT2D eigenvalue weighted by molar-refractivity contribution is 0.116. The van der Waals surface area contributed by atoms with Crippen LogP contribution in [-0.2, 0) is 4.43 Å². The molecule has 0 rings (SSSR count). The zero-order chi connectivity index (χ0) is 15.6. The summed E-state index contributed by atoms with van der Waals surface area (Å²) in [5.74, 6) is 0.655. The summed E-state index contributed by atoms with van der Waals surface area (Å²) >= 11 is 0. The highest BCUT2D eigenvalue weighted by Crippen LogP contribution is 2.08. The Hall–Kier alpha value is 0.0538. The first-order chi connectivity index (χ1) is 9.45. The maximum absolute atomic E-state index is 5.88. The predicted octanol–water partition coefficient (Wildman–Crippen LogP) is 2.42. The smallest absolute Gasteiger partial charge is 0.210 e. The largest absolute Gasteiger partial charge is 0.414 e. The average molecular weight is 317 g/mol. The fourth-order valence-corrected chi connectivity index (χ4v) is 8.24. The van der Waals surface area contributed by atoms with E-state index in [4.69, 9.17) is 4.43 Å². The van der Waals surface area contributed by atoms with Gasteiger partial charge in [0.1, 0.15) is 0 Å². The summed E-state index contributed by atoms with van der Waals surface area (Å²) in [5.41, 5.74) is 4.89. The Labute approximate surface area is 130 Å². The third kappa shape index (κ3) is 7.17. The van der Waals surface area contributed by atoms with E-state index in [2.05, 4.69) is 68.9 Å². The van der Waals surface area contributed by atoms with E-state index in [1.54, 1.807) is 0 Å². The molecule has 5 heteroatoms. The zero-order valence-corrected chi connectivity index (χ0v) is 17.2. The fourth-order valence-electron chi connectivity index (χ4n) is 2.71. The Kier molecular flexibility index (Phi) is 10.8. The van der Waals surface area contributed by atoms with Crippen molar-refractivity contribution < 1.29 is 4.43 Å². The van der Waals surface area contributed by atoms with Crippen molar-refractivity contribution in [1.82, 2.24) is 9.80 Å². The molecule has 0 fully saturated rings. The summed E-state index contributed by atoms with van der Waals surface area (Å²) in [6.07, 6.45) is 0. The normalized spacial score (nSPS) is 13.9. The standard InChI is InChI=1S/C15H36N2OSi2/c1-8-16(9-2)15(17(10-3)11-4)19-13-14-20(6,7)18-12-5/h13-15H,8-12,19H2,1-7H3. The third-order valence-corrected chi connectivity index (χ3v) is 8.36. The number of rotatable bonds is 11. The van der Waals surface area contributed by atoms with Crippen LogP contribution < -0.4 is 0 Å². The van der Waals surface area contributed by atoms with Gasteiger partial charge in [0.25, 0.3) is 0 Å². The summed E-state index contributed by atoms with van der Waals surface area (Å²) in [6, 6.07) is 0. The van der Waals surface area contributed by atoms with Crippen LogP contribution in [0.2, 0.25) is 13.1 Å². The molecule has 0 N–H and O–H groups in total. The molecule has 0 aromatic heterocycles. The minimum Gasteiger partial charge on any atom is -0.414 e. The second-order valence-electron chi connectivity index (χ2n) is 5.60. The van der Waals surface area contributed by atoms with Gasteiger partial charge >= 0.3 is 0 Å². The molecule has 20 heavy (non-hydrogen) atoms. The molecule has 0 radical (unpaired) electrons. The van der Waals surface area contributed by atoms with Crippen molar-refractivity contribution in [2.24, 2.45) is 0 Å². The van der Waals surface area contributed by atoms with Gasteiger partial charge in [0, 0.05) is 12.4 Å². The lowest BCUT2D eigenvalue weighted by Gasteiger charge is -2.37. The summed E-state index contributed by atoms with van der Waals surface area (Å²) in [6.45, 7) is 21.2. The van der Waals surface area contributed by atoms with E-state index in [0.29, 0.717) is 5.79 Å². The first-order valence-electron chi connectivity index (χ1n) is 8.25.